The third-order valence-electron chi connectivity index (χ3n) is 6.85. The van der Waals surface area contributed by atoms with E-state index in [4.69, 9.17) is 15.2 Å². The third-order valence-corrected chi connectivity index (χ3v) is 6.85. The number of anilines is 2. The summed E-state index contributed by atoms with van der Waals surface area (Å²) in [4.78, 5) is 24.1. The summed E-state index contributed by atoms with van der Waals surface area (Å²) in [6, 6.07) is 21.4. The van der Waals surface area contributed by atoms with E-state index in [0.717, 1.165) is 33.6 Å². The van der Waals surface area contributed by atoms with Crippen LogP contribution in [0.5, 0.6) is 11.5 Å². The average molecular weight is 549 g/mol. The van der Waals surface area contributed by atoms with Crippen LogP contribution in [0.15, 0.2) is 84.1 Å². The molecule has 2 N–H and O–H groups in total. The quantitative estimate of drug-likeness (QED) is 0.318. The molecule has 1 aromatic heterocycles. The normalized spacial score (nSPS) is 14.1. The van der Waals surface area contributed by atoms with Gasteiger partial charge in [-0.25, -0.2) is 9.99 Å². The summed E-state index contributed by atoms with van der Waals surface area (Å²) in [5, 5.41) is 6.06. The number of carbonyl (C=O) groups is 1. The van der Waals surface area contributed by atoms with Gasteiger partial charge in [-0.2, -0.15) is 10.1 Å². The zero-order chi connectivity index (χ0) is 28.9. The van der Waals surface area contributed by atoms with Crippen LogP contribution in [0.1, 0.15) is 39.4 Å². The van der Waals surface area contributed by atoms with E-state index in [-0.39, 0.29) is 17.9 Å². The van der Waals surface area contributed by atoms with Gasteiger partial charge < -0.3 is 20.1 Å². The first-order valence-electron chi connectivity index (χ1n) is 13.1. The van der Waals surface area contributed by atoms with Crippen molar-refractivity contribution >= 4 is 30.0 Å². The Balaban J connectivity index is 1.49. The molecule has 0 radical (unpaired) electrons. The molecule has 5 rings (SSSR count). The number of hydrogen-bond acceptors (Lipinski definition) is 8. The molecule has 41 heavy (non-hydrogen) atoms. The molecule has 0 spiro atoms. The minimum Gasteiger partial charge on any atom is -0.493 e. The number of carbonyl (C=O) groups excluding carboxylic acids is 1. The first-order valence-corrected chi connectivity index (χ1v) is 13.1. The molecule has 1 atom stereocenters. The van der Waals surface area contributed by atoms with Gasteiger partial charge in [0.1, 0.15) is 11.9 Å². The Morgan fingerprint density at radius 3 is 2.54 bits per heavy atom. The van der Waals surface area contributed by atoms with Crippen molar-refractivity contribution in [1.82, 2.24) is 15.0 Å². The number of ether oxygens (including phenoxy) is 2. The van der Waals surface area contributed by atoms with Gasteiger partial charge in [-0.3, -0.25) is 4.79 Å². The molecular formula is C32H32N6O3. The third kappa shape index (κ3) is 5.74. The Hall–Kier alpha value is -5.18. The van der Waals surface area contributed by atoms with Gasteiger partial charge in [0.15, 0.2) is 11.5 Å². The number of fused-ring (bicyclic) bond motifs is 1. The van der Waals surface area contributed by atoms with E-state index in [1.807, 2.05) is 85.7 Å². The summed E-state index contributed by atoms with van der Waals surface area (Å²) in [5.74, 6) is 1.75. The Kier molecular flexibility index (Phi) is 7.96. The predicted octanol–water partition coefficient (Wildman–Crippen LogP) is 4.71. The molecular weight excluding hydrogens is 516 g/mol. The van der Waals surface area contributed by atoms with Gasteiger partial charge in [-0.05, 0) is 34.9 Å². The lowest BCUT2D eigenvalue weighted by Crippen LogP contribution is -2.33. The monoisotopic (exact) mass is 548 g/mol. The SMILES string of the molecule is COc1cc(Cc2cnc(N)nc2N(C)C)cc(/C=C/C(=O)N2N=Cc3ccccc3C2c2ccccc2)c1OC. The first-order chi connectivity index (χ1) is 19.9. The van der Waals surface area contributed by atoms with Gasteiger partial charge >= 0.3 is 0 Å². The molecule has 0 saturated heterocycles. The largest absolute Gasteiger partial charge is 0.493 e. The first kappa shape index (κ1) is 27.4. The number of benzene rings is 3. The van der Waals surface area contributed by atoms with E-state index in [0.29, 0.717) is 23.5 Å². The van der Waals surface area contributed by atoms with Gasteiger partial charge in [0, 0.05) is 49.5 Å². The second-order valence-corrected chi connectivity index (χ2v) is 9.77. The molecule has 0 saturated carbocycles. The lowest BCUT2D eigenvalue weighted by molar-refractivity contribution is -0.127. The van der Waals surface area contributed by atoms with Crippen molar-refractivity contribution in [2.45, 2.75) is 12.5 Å². The number of nitrogens with two attached hydrogens (primary N) is 1. The fourth-order valence-electron chi connectivity index (χ4n) is 5.00. The van der Waals surface area contributed by atoms with Crippen LogP contribution in [0.25, 0.3) is 6.08 Å². The number of nitrogens with zero attached hydrogens (tertiary/aromatic N) is 5. The van der Waals surface area contributed by atoms with Crippen LogP contribution in [0, 0.1) is 0 Å². The number of methoxy groups -OCH3 is 2. The smallest absolute Gasteiger partial charge is 0.267 e. The Labute approximate surface area is 239 Å². The molecule has 4 aromatic rings. The van der Waals surface area contributed by atoms with Gasteiger partial charge in [0.05, 0.1) is 20.4 Å². The van der Waals surface area contributed by atoms with Crippen molar-refractivity contribution in [3.05, 3.63) is 112 Å². The van der Waals surface area contributed by atoms with E-state index in [2.05, 4.69) is 15.1 Å². The maximum absolute atomic E-state index is 13.7. The van der Waals surface area contributed by atoms with Crippen molar-refractivity contribution in [3.63, 3.8) is 0 Å². The Morgan fingerprint density at radius 2 is 1.80 bits per heavy atom. The van der Waals surface area contributed by atoms with Gasteiger partial charge in [0.25, 0.3) is 5.91 Å². The minimum absolute atomic E-state index is 0.212. The highest BCUT2D eigenvalue weighted by Crippen LogP contribution is 2.36. The Bertz CT molecular complexity index is 1620. The van der Waals surface area contributed by atoms with E-state index < -0.39 is 0 Å². The molecule has 3 aromatic carbocycles. The minimum atomic E-state index is -0.354. The van der Waals surface area contributed by atoms with Crippen LogP contribution >= 0.6 is 0 Å². The number of amides is 1. The molecule has 1 aliphatic heterocycles. The molecule has 0 aliphatic carbocycles. The number of hydrogen-bond donors (Lipinski definition) is 1. The molecule has 0 fully saturated rings. The highest BCUT2D eigenvalue weighted by atomic mass is 16.5. The molecule has 9 nitrogen and oxygen atoms in total. The van der Waals surface area contributed by atoms with Crippen LogP contribution < -0.4 is 20.1 Å². The highest BCUT2D eigenvalue weighted by Gasteiger charge is 2.29. The molecule has 9 heteroatoms. The number of aromatic nitrogens is 2. The molecule has 1 aliphatic rings. The topological polar surface area (TPSA) is 106 Å². The summed E-state index contributed by atoms with van der Waals surface area (Å²) in [5.41, 5.74) is 11.3. The molecule has 1 unspecified atom stereocenters. The molecule has 208 valence electrons. The van der Waals surface area contributed by atoms with E-state index >= 15 is 0 Å². The van der Waals surface area contributed by atoms with Gasteiger partial charge in [-0.15, -0.1) is 0 Å². The predicted molar refractivity (Wildman–Crippen MR) is 161 cm³/mol. The fourth-order valence-corrected chi connectivity index (χ4v) is 5.00. The van der Waals surface area contributed by atoms with Crippen LogP contribution in [-0.4, -0.2) is 55.4 Å². The van der Waals surface area contributed by atoms with E-state index in [1.165, 1.54) is 11.1 Å². The van der Waals surface area contributed by atoms with Crippen molar-refractivity contribution < 1.29 is 14.3 Å². The summed E-state index contributed by atoms with van der Waals surface area (Å²) in [6.07, 6.45) is 7.22. The van der Waals surface area contributed by atoms with Crippen molar-refractivity contribution in [1.29, 1.82) is 0 Å². The lowest BCUT2D eigenvalue weighted by Gasteiger charge is -2.31. The second kappa shape index (κ2) is 11.9. The highest BCUT2D eigenvalue weighted by molar-refractivity contribution is 5.95. The number of hydrazone groups is 1. The second-order valence-electron chi connectivity index (χ2n) is 9.77. The number of nitrogen functional groups attached to an aromatic ring is 1. The van der Waals surface area contributed by atoms with Crippen LogP contribution in [0.3, 0.4) is 0 Å². The summed E-state index contributed by atoms with van der Waals surface area (Å²) in [6.45, 7) is 0. The summed E-state index contributed by atoms with van der Waals surface area (Å²) < 4.78 is 11.3. The molecule has 0 bridgehead atoms. The van der Waals surface area contributed by atoms with Crippen LogP contribution in [-0.2, 0) is 11.2 Å². The average Bonchev–Trinajstić information content (AvgIpc) is 3.00. The van der Waals surface area contributed by atoms with E-state index in [9.17, 15) is 4.79 Å². The van der Waals surface area contributed by atoms with Gasteiger partial charge in [-0.1, -0.05) is 54.6 Å². The molecule has 2 heterocycles. The van der Waals surface area contributed by atoms with Gasteiger partial charge in [0.2, 0.25) is 5.95 Å². The molecule has 1 amide bonds. The summed E-state index contributed by atoms with van der Waals surface area (Å²) >= 11 is 0. The fraction of sp³-hybridized carbons (Fsp3) is 0.188. The lowest BCUT2D eigenvalue weighted by atomic mass is 9.93. The zero-order valence-electron chi connectivity index (χ0n) is 23.5. The van der Waals surface area contributed by atoms with Crippen molar-refractivity contribution in [3.8, 4) is 11.5 Å². The van der Waals surface area contributed by atoms with Crippen molar-refractivity contribution in [2.75, 3.05) is 38.9 Å². The Morgan fingerprint density at radius 1 is 1.05 bits per heavy atom. The summed E-state index contributed by atoms with van der Waals surface area (Å²) in [7, 11) is 6.97. The maximum atomic E-state index is 13.7. The van der Waals surface area contributed by atoms with Crippen molar-refractivity contribution in [2.24, 2.45) is 5.10 Å². The number of rotatable bonds is 8. The standard InChI is InChI=1S/C32H32N6O3/c1-37(2)31-25(19-34-32(33)36-31)17-21-16-23(30(41-4)27(18-21)40-3)14-15-28(39)38-29(22-10-6-5-7-11-22)26-13-9-8-12-24(26)20-35-38/h5-16,18-20,29H,17H2,1-4H3,(H2,33,34,36)/b15-14+. The van der Waals surface area contributed by atoms with E-state index in [1.54, 1.807) is 32.7 Å². The zero-order valence-corrected chi connectivity index (χ0v) is 23.5. The van der Waals surface area contributed by atoms with Crippen LogP contribution in [0.2, 0.25) is 0 Å². The maximum Gasteiger partial charge on any atom is 0.267 e. The van der Waals surface area contributed by atoms with Crippen LogP contribution in [0.4, 0.5) is 11.8 Å².